The summed E-state index contributed by atoms with van der Waals surface area (Å²) in [6.45, 7) is 11.4. The van der Waals surface area contributed by atoms with Crippen molar-refractivity contribution < 1.29 is 14.5 Å². The predicted octanol–water partition coefficient (Wildman–Crippen LogP) is 1.27. The van der Waals surface area contributed by atoms with Crippen molar-refractivity contribution in [3.63, 3.8) is 0 Å². The van der Waals surface area contributed by atoms with Gasteiger partial charge in [0.2, 0.25) is 5.91 Å². The Bertz CT molecular complexity index is 739. The van der Waals surface area contributed by atoms with Gasteiger partial charge in [0.1, 0.15) is 0 Å². The Kier molecular flexibility index (Phi) is 9.67. The van der Waals surface area contributed by atoms with E-state index in [1.807, 2.05) is 20.8 Å². The summed E-state index contributed by atoms with van der Waals surface area (Å²) in [5.41, 5.74) is 0.589. The minimum absolute atomic E-state index is 0.0474. The third kappa shape index (κ3) is 10.2. The van der Waals surface area contributed by atoms with Crippen LogP contribution in [0.25, 0.3) is 0 Å². The second kappa shape index (κ2) is 12.2. The van der Waals surface area contributed by atoms with Crippen molar-refractivity contribution in [2.75, 3.05) is 45.9 Å². The van der Waals surface area contributed by atoms with Gasteiger partial charge in [-0.2, -0.15) is 0 Å². The number of amides is 1. The number of nitrogens with zero attached hydrogens (tertiary/aromatic N) is 3. The highest BCUT2D eigenvalue weighted by Crippen LogP contribution is 2.12. The van der Waals surface area contributed by atoms with Crippen LogP contribution >= 0.6 is 0 Å². The molecule has 10 heteroatoms. The van der Waals surface area contributed by atoms with Crippen LogP contribution in [0.15, 0.2) is 29.3 Å². The number of ether oxygens (including phenoxy) is 1. The number of benzene rings is 1. The van der Waals surface area contributed by atoms with Gasteiger partial charge in [-0.3, -0.25) is 19.8 Å². The van der Waals surface area contributed by atoms with E-state index in [1.165, 1.54) is 12.1 Å². The fourth-order valence-electron chi connectivity index (χ4n) is 3.03. The Hall–Kier alpha value is -2.72. The number of nitro benzene ring substituents is 1. The summed E-state index contributed by atoms with van der Waals surface area (Å²) in [7, 11) is 0. The van der Waals surface area contributed by atoms with Gasteiger partial charge in [0.15, 0.2) is 5.96 Å². The van der Waals surface area contributed by atoms with Crippen LogP contribution < -0.4 is 16.0 Å². The van der Waals surface area contributed by atoms with E-state index in [9.17, 15) is 14.9 Å². The first-order valence-corrected chi connectivity index (χ1v) is 10.6. The van der Waals surface area contributed by atoms with Crippen molar-refractivity contribution in [2.24, 2.45) is 4.99 Å². The fourth-order valence-corrected chi connectivity index (χ4v) is 3.03. The number of hydrogen-bond acceptors (Lipinski definition) is 6. The van der Waals surface area contributed by atoms with E-state index in [4.69, 9.17) is 4.74 Å². The monoisotopic (exact) mass is 434 g/mol. The largest absolute Gasteiger partial charge is 0.379 e. The van der Waals surface area contributed by atoms with Gasteiger partial charge in [0, 0.05) is 37.3 Å². The highest BCUT2D eigenvalue weighted by atomic mass is 16.6. The first-order valence-electron chi connectivity index (χ1n) is 10.6. The molecule has 1 saturated heterocycles. The lowest BCUT2D eigenvalue weighted by atomic mass is 10.1. The highest BCUT2D eigenvalue weighted by molar-refractivity contribution is 5.86. The van der Waals surface area contributed by atoms with Crippen LogP contribution in [0.3, 0.4) is 0 Å². The number of carbonyl (C=O) groups is 1. The molecule has 0 saturated carbocycles. The van der Waals surface area contributed by atoms with E-state index in [-0.39, 0.29) is 23.7 Å². The van der Waals surface area contributed by atoms with Gasteiger partial charge in [0.25, 0.3) is 5.69 Å². The molecule has 2 rings (SSSR count). The Labute approximate surface area is 183 Å². The maximum absolute atomic E-state index is 12.1. The molecule has 0 atom stereocenters. The van der Waals surface area contributed by atoms with E-state index in [2.05, 4.69) is 25.8 Å². The van der Waals surface area contributed by atoms with E-state index < -0.39 is 4.92 Å². The van der Waals surface area contributed by atoms with Crippen LogP contribution in [0.5, 0.6) is 0 Å². The van der Waals surface area contributed by atoms with Gasteiger partial charge < -0.3 is 20.7 Å². The lowest BCUT2D eigenvalue weighted by Crippen LogP contribution is -2.48. The average molecular weight is 435 g/mol. The zero-order valence-corrected chi connectivity index (χ0v) is 18.6. The molecule has 0 spiro atoms. The fraction of sp³-hybridized carbons (Fsp3) is 0.619. The third-order valence-electron chi connectivity index (χ3n) is 4.54. The second-order valence-electron chi connectivity index (χ2n) is 8.47. The molecule has 0 aromatic heterocycles. The molecule has 31 heavy (non-hydrogen) atoms. The van der Waals surface area contributed by atoms with E-state index in [1.54, 1.807) is 12.1 Å². The summed E-state index contributed by atoms with van der Waals surface area (Å²) in [6.07, 6.45) is 0.937. The minimum atomic E-state index is -0.427. The Morgan fingerprint density at radius 2 is 1.87 bits per heavy atom. The van der Waals surface area contributed by atoms with E-state index in [0.29, 0.717) is 19.0 Å². The lowest BCUT2D eigenvalue weighted by Gasteiger charge is -2.26. The summed E-state index contributed by atoms with van der Waals surface area (Å²) in [5.74, 6) is 0.412. The number of morpholine rings is 1. The molecule has 1 aliphatic heterocycles. The molecule has 1 heterocycles. The number of nitrogens with one attached hydrogen (secondary N) is 3. The molecule has 1 aromatic rings. The standard InChI is InChI=1S/C21H34N6O4/c1-21(2,3)25-19(28)16-24-20(22-9-4-10-26-11-13-31-14-12-26)23-15-17-5-7-18(8-6-17)27(29)30/h5-8H,4,9-16H2,1-3H3,(H,25,28)(H2,22,23,24). The first kappa shape index (κ1) is 24.5. The summed E-state index contributed by atoms with van der Waals surface area (Å²) >= 11 is 0. The molecule has 0 aliphatic carbocycles. The number of rotatable bonds is 9. The number of carbonyl (C=O) groups excluding carboxylic acids is 1. The zero-order valence-electron chi connectivity index (χ0n) is 18.6. The number of non-ortho nitro benzene ring substituents is 1. The molecule has 1 aliphatic rings. The van der Waals surface area contributed by atoms with Crippen LogP contribution in [0, 0.1) is 10.1 Å². The quantitative estimate of drug-likeness (QED) is 0.176. The molecule has 1 amide bonds. The van der Waals surface area contributed by atoms with Crippen molar-refractivity contribution in [3.8, 4) is 0 Å². The summed E-state index contributed by atoms with van der Waals surface area (Å²) in [4.78, 5) is 29.4. The number of hydrogen-bond donors (Lipinski definition) is 3. The molecule has 0 unspecified atom stereocenters. The molecule has 0 radical (unpaired) electrons. The molecule has 172 valence electrons. The number of aliphatic imine (C=N–C) groups is 1. The maximum atomic E-state index is 12.1. The lowest BCUT2D eigenvalue weighted by molar-refractivity contribution is -0.384. The molecule has 1 aromatic carbocycles. The average Bonchev–Trinajstić information content (AvgIpc) is 2.72. The van der Waals surface area contributed by atoms with Crippen LogP contribution in [-0.2, 0) is 16.1 Å². The van der Waals surface area contributed by atoms with Gasteiger partial charge >= 0.3 is 0 Å². The molecular formula is C21H34N6O4. The topological polar surface area (TPSA) is 121 Å². The van der Waals surface area contributed by atoms with Crippen LogP contribution in [0.1, 0.15) is 32.8 Å². The molecule has 0 bridgehead atoms. The van der Waals surface area contributed by atoms with Gasteiger partial charge in [-0.15, -0.1) is 0 Å². The smallest absolute Gasteiger partial charge is 0.269 e. The van der Waals surface area contributed by atoms with Crippen molar-refractivity contribution in [3.05, 3.63) is 39.9 Å². The van der Waals surface area contributed by atoms with E-state index in [0.717, 1.165) is 44.8 Å². The van der Waals surface area contributed by atoms with Gasteiger partial charge in [0.05, 0.1) is 31.2 Å². The molecule has 10 nitrogen and oxygen atoms in total. The van der Waals surface area contributed by atoms with Crippen molar-refractivity contribution in [1.29, 1.82) is 0 Å². The Morgan fingerprint density at radius 3 is 2.48 bits per heavy atom. The Morgan fingerprint density at radius 1 is 1.19 bits per heavy atom. The summed E-state index contributed by atoms with van der Waals surface area (Å²) in [6, 6.07) is 6.29. The SMILES string of the molecule is CC(C)(C)NC(=O)CNC(=NCc1ccc([N+](=O)[O-])cc1)NCCCN1CCOCC1. The van der Waals surface area contributed by atoms with Crippen molar-refractivity contribution in [2.45, 2.75) is 39.3 Å². The minimum Gasteiger partial charge on any atom is -0.379 e. The molecule has 3 N–H and O–H groups in total. The Balaban J connectivity index is 1.89. The first-order chi connectivity index (χ1) is 14.7. The summed E-state index contributed by atoms with van der Waals surface area (Å²) < 4.78 is 5.37. The van der Waals surface area contributed by atoms with Crippen molar-refractivity contribution in [1.82, 2.24) is 20.9 Å². The number of nitro groups is 1. The highest BCUT2D eigenvalue weighted by Gasteiger charge is 2.14. The normalized spacial score (nSPS) is 15.4. The molecule has 1 fully saturated rings. The second-order valence-corrected chi connectivity index (χ2v) is 8.47. The number of guanidine groups is 1. The molecular weight excluding hydrogens is 400 g/mol. The van der Waals surface area contributed by atoms with Crippen LogP contribution in [-0.4, -0.2) is 73.2 Å². The third-order valence-corrected chi connectivity index (χ3v) is 4.54. The summed E-state index contributed by atoms with van der Waals surface area (Å²) in [5, 5.41) is 20.0. The van der Waals surface area contributed by atoms with Crippen molar-refractivity contribution >= 4 is 17.6 Å². The zero-order chi connectivity index (χ0) is 22.7. The predicted molar refractivity (Wildman–Crippen MR) is 120 cm³/mol. The van der Waals surface area contributed by atoms with Gasteiger partial charge in [-0.25, -0.2) is 4.99 Å². The van der Waals surface area contributed by atoms with Gasteiger partial charge in [-0.05, 0) is 39.3 Å². The van der Waals surface area contributed by atoms with Gasteiger partial charge in [-0.1, -0.05) is 12.1 Å². The maximum Gasteiger partial charge on any atom is 0.269 e. The van der Waals surface area contributed by atoms with E-state index >= 15 is 0 Å². The van der Waals surface area contributed by atoms with Crippen LogP contribution in [0.2, 0.25) is 0 Å². The van der Waals surface area contributed by atoms with Crippen LogP contribution in [0.4, 0.5) is 5.69 Å².